The van der Waals surface area contributed by atoms with E-state index in [0.29, 0.717) is 16.1 Å². The summed E-state index contributed by atoms with van der Waals surface area (Å²) in [6.07, 6.45) is 1.24. The number of H-pyrrole nitrogens is 1. The molecule has 1 amide bonds. The summed E-state index contributed by atoms with van der Waals surface area (Å²) in [4.78, 5) is 18.0. The average molecular weight is 469 g/mol. The molecule has 4 rings (SSSR count). The van der Waals surface area contributed by atoms with Gasteiger partial charge in [0.1, 0.15) is 11.3 Å². The van der Waals surface area contributed by atoms with Crippen molar-refractivity contribution >= 4 is 40.0 Å². The van der Waals surface area contributed by atoms with Crippen LogP contribution in [0.3, 0.4) is 0 Å². The van der Waals surface area contributed by atoms with Crippen LogP contribution in [-0.2, 0) is 11.2 Å². The van der Waals surface area contributed by atoms with Crippen molar-refractivity contribution in [3.63, 3.8) is 0 Å². The molecule has 2 N–H and O–H groups in total. The van der Waals surface area contributed by atoms with Gasteiger partial charge in [0, 0.05) is 41.2 Å². The Kier molecular flexibility index (Phi) is 6.14. The molecule has 164 valence electrons. The number of rotatable bonds is 5. The molecule has 3 aromatic rings. The summed E-state index contributed by atoms with van der Waals surface area (Å²) < 4.78 is 30.4. The van der Waals surface area contributed by atoms with Crippen LogP contribution in [0.2, 0.25) is 10.2 Å². The van der Waals surface area contributed by atoms with E-state index in [1.54, 1.807) is 23.1 Å². The molecule has 1 fully saturated rings. The number of nitrogens with zero attached hydrogens (tertiary/aromatic N) is 3. The van der Waals surface area contributed by atoms with Gasteiger partial charge in [-0.25, -0.2) is 13.8 Å². The Balaban J connectivity index is 1.43. The van der Waals surface area contributed by atoms with Crippen LogP contribution in [0.4, 0.5) is 8.78 Å². The molecule has 6 nitrogen and oxygen atoms in total. The number of benzene rings is 1. The van der Waals surface area contributed by atoms with Gasteiger partial charge in [-0.05, 0) is 42.7 Å². The Labute approximate surface area is 187 Å². The first-order valence-corrected chi connectivity index (χ1v) is 10.6. The van der Waals surface area contributed by atoms with E-state index in [4.69, 9.17) is 23.2 Å². The number of pyridine rings is 1. The van der Waals surface area contributed by atoms with E-state index < -0.39 is 17.9 Å². The third-order valence-electron chi connectivity index (χ3n) is 5.74. The van der Waals surface area contributed by atoms with E-state index in [-0.39, 0.29) is 48.8 Å². The molecule has 3 heterocycles. The number of halogens is 4. The quantitative estimate of drug-likeness (QED) is 0.543. The SMILES string of the molecule is O=C(Cc1ccnc(Cl)c1)N1CCC(C(F)(F)[C@H](O)c2cc(Cl)cc3cn[nH]c23)CC1. The van der Waals surface area contributed by atoms with Crippen molar-refractivity contribution in [3.8, 4) is 0 Å². The number of amides is 1. The number of aromatic nitrogens is 3. The first-order chi connectivity index (χ1) is 14.8. The van der Waals surface area contributed by atoms with Gasteiger partial charge in [0.25, 0.3) is 5.92 Å². The van der Waals surface area contributed by atoms with Crippen LogP contribution >= 0.6 is 23.2 Å². The molecule has 1 aliphatic heterocycles. The summed E-state index contributed by atoms with van der Waals surface area (Å²) in [5.74, 6) is -4.62. The Morgan fingerprint density at radius 3 is 2.74 bits per heavy atom. The van der Waals surface area contributed by atoms with Gasteiger partial charge >= 0.3 is 0 Å². The van der Waals surface area contributed by atoms with Crippen LogP contribution < -0.4 is 0 Å². The molecule has 0 aliphatic carbocycles. The number of carbonyl (C=O) groups excluding carboxylic acids is 1. The molecule has 1 aliphatic rings. The van der Waals surface area contributed by atoms with Crippen molar-refractivity contribution in [2.24, 2.45) is 5.92 Å². The highest BCUT2D eigenvalue weighted by molar-refractivity contribution is 6.31. The number of hydrogen-bond donors (Lipinski definition) is 2. The van der Waals surface area contributed by atoms with Gasteiger partial charge in [0.05, 0.1) is 18.1 Å². The second-order valence-corrected chi connectivity index (χ2v) is 8.55. The summed E-state index contributed by atoms with van der Waals surface area (Å²) in [5.41, 5.74) is 1.07. The largest absolute Gasteiger partial charge is 0.382 e. The number of aliphatic hydroxyl groups excluding tert-OH is 1. The number of alkyl halides is 2. The lowest BCUT2D eigenvalue weighted by atomic mass is 9.84. The van der Waals surface area contributed by atoms with Crippen molar-refractivity contribution in [1.29, 1.82) is 0 Å². The predicted octanol–water partition coefficient (Wildman–Crippen LogP) is 4.41. The second-order valence-electron chi connectivity index (χ2n) is 7.72. The smallest absolute Gasteiger partial charge is 0.280 e. The van der Waals surface area contributed by atoms with Crippen LogP contribution in [-0.4, -0.2) is 50.1 Å². The standard InChI is InChI=1S/C21H20Cl2F2N4O2/c22-15-9-13-11-27-28-19(13)16(10-15)20(31)21(24,25)14-2-5-29(6-3-14)18(30)8-12-1-4-26-17(23)7-12/h1,4,7,9-11,14,20,31H,2-3,5-6,8H2,(H,27,28)/t20-/m1/s1. The van der Waals surface area contributed by atoms with E-state index in [1.165, 1.54) is 18.5 Å². The Morgan fingerprint density at radius 2 is 2.03 bits per heavy atom. The first-order valence-electron chi connectivity index (χ1n) is 9.82. The van der Waals surface area contributed by atoms with Crippen molar-refractivity contribution < 1.29 is 18.7 Å². The summed E-state index contributed by atoms with van der Waals surface area (Å²) in [7, 11) is 0. The lowest BCUT2D eigenvalue weighted by molar-refractivity contribution is -0.164. The molecule has 2 aromatic heterocycles. The first kappa shape index (κ1) is 21.9. The molecule has 31 heavy (non-hydrogen) atoms. The summed E-state index contributed by atoms with van der Waals surface area (Å²) in [6.45, 7) is 0.388. The lowest BCUT2D eigenvalue weighted by Crippen LogP contribution is -2.45. The zero-order valence-corrected chi connectivity index (χ0v) is 17.9. The number of likely N-dealkylation sites (tertiary alicyclic amines) is 1. The fourth-order valence-corrected chi connectivity index (χ4v) is 4.48. The zero-order chi connectivity index (χ0) is 22.2. The highest BCUT2D eigenvalue weighted by atomic mass is 35.5. The van der Waals surface area contributed by atoms with E-state index in [2.05, 4.69) is 15.2 Å². The number of aromatic amines is 1. The molecular formula is C21H20Cl2F2N4O2. The monoisotopic (exact) mass is 468 g/mol. The van der Waals surface area contributed by atoms with Gasteiger partial charge in [-0.3, -0.25) is 9.89 Å². The maximum absolute atomic E-state index is 15.2. The molecule has 0 saturated carbocycles. The van der Waals surface area contributed by atoms with Gasteiger partial charge in [0.15, 0.2) is 0 Å². The minimum absolute atomic E-state index is 0.0121. The third-order valence-corrected chi connectivity index (χ3v) is 6.17. The van der Waals surface area contributed by atoms with Crippen molar-refractivity contribution in [2.75, 3.05) is 13.1 Å². The van der Waals surface area contributed by atoms with Gasteiger partial charge in [-0.15, -0.1) is 0 Å². The molecule has 0 spiro atoms. The Morgan fingerprint density at radius 1 is 1.29 bits per heavy atom. The topological polar surface area (TPSA) is 82.1 Å². The number of fused-ring (bicyclic) bond motifs is 1. The van der Waals surface area contributed by atoms with Crippen LogP contribution in [0.15, 0.2) is 36.7 Å². The van der Waals surface area contributed by atoms with Crippen molar-refractivity contribution in [3.05, 3.63) is 58.0 Å². The maximum atomic E-state index is 15.2. The summed E-state index contributed by atoms with van der Waals surface area (Å²) in [6, 6.07) is 6.23. The minimum atomic E-state index is -3.39. The lowest BCUT2D eigenvalue weighted by Gasteiger charge is -2.38. The Hall–Kier alpha value is -2.29. The van der Waals surface area contributed by atoms with E-state index >= 15 is 8.78 Å². The van der Waals surface area contributed by atoms with Gasteiger partial charge in [0.2, 0.25) is 5.91 Å². The molecule has 1 atom stereocenters. The summed E-state index contributed by atoms with van der Waals surface area (Å²) >= 11 is 11.9. The van der Waals surface area contributed by atoms with Crippen LogP contribution in [0.25, 0.3) is 10.9 Å². The van der Waals surface area contributed by atoms with Gasteiger partial charge in [-0.2, -0.15) is 5.10 Å². The van der Waals surface area contributed by atoms with Crippen molar-refractivity contribution in [1.82, 2.24) is 20.1 Å². The molecule has 0 radical (unpaired) electrons. The fraction of sp³-hybridized carbons (Fsp3) is 0.381. The number of aliphatic hydroxyl groups is 1. The molecule has 0 bridgehead atoms. The Bertz CT molecular complexity index is 1100. The highest BCUT2D eigenvalue weighted by Crippen LogP contribution is 2.44. The minimum Gasteiger partial charge on any atom is -0.382 e. The van der Waals surface area contributed by atoms with E-state index in [9.17, 15) is 9.90 Å². The fourth-order valence-electron chi connectivity index (χ4n) is 4.05. The van der Waals surface area contributed by atoms with Gasteiger partial charge in [-0.1, -0.05) is 23.2 Å². The van der Waals surface area contributed by atoms with Crippen LogP contribution in [0.1, 0.15) is 30.1 Å². The molecule has 1 aromatic carbocycles. The average Bonchev–Trinajstić information content (AvgIpc) is 3.21. The normalized spacial score (nSPS) is 16.6. The molecular weight excluding hydrogens is 449 g/mol. The number of piperidine rings is 1. The van der Waals surface area contributed by atoms with Gasteiger partial charge < -0.3 is 10.0 Å². The molecule has 0 unspecified atom stereocenters. The second kappa shape index (κ2) is 8.68. The molecule has 1 saturated heterocycles. The van der Waals surface area contributed by atoms with Crippen LogP contribution in [0.5, 0.6) is 0 Å². The van der Waals surface area contributed by atoms with E-state index in [1.807, 2.05) is 0 Å². The van der Waals surface area contributed by atoms with Crippen molar-refractivity contribution in [2.45, 2.75) is 31.3 Å². The van der Waals surface area contributed by atoms with Crippen LogP contribution in [0, 0.1) is 5.92 Å². The maximum Gasteiger partial charge on any atom is 0.280 e. The zero-order valence-electron chi connectivity index (χ0n) is 16.4. The number of hydrogen-bond acceptors (Lipinski definition) is 4. The predicted molar refractivity (Wildman–Crippen MR) is 113 cm³/mol. The number of carbonyl (C=O) groups is 1. The summed E-state index contributed by atoms with van der Waals surface area (Å²) in [5, 5.41) is 18.2. The van der Waals surface area contributed by atoms with E-state index in [0.717, 1.165) is 5.56 Å². The third kappa shape index (κ3) is 4.51. The molecule has 10 heteroatoms. The highest BCUT2D eigenvalue weighted by Gasteiger charge is 2.48. The number of nitrogens with one attached hydrogen (secondary N) is 1.